The average molecular weight is 186 g/mol. The van der Waals surface area contributed by atoms with E-state index >= 15 is 0 Å². The number of hydrogen-bond donors (Lipinski definition) is 1. The van der Waals surface area contributed by atoms with Crippen LogP contribution in [-0.2, 0) is 9.53 Å². The van der Waals surface area contributed by atoms with Crippen LogP contribution in [-0.4, -0.2) is 23.3 Å². The minimum absolute atomic E-state index is 0.0679. The first-order valence-electron chi connectivity index (χ1n) is 4.54. The van der Waals surface area contributed by atoms with Crippen LogP contribution in [0.3, 0.4) is 0 Å². The first kappa shape index (κ1) is 12.2. The van der Waals surface area contributed by atoms with Gasteiger partial charge in [0.2, 0.25) is 0 Å². The topological polar surface area (TPSA) is 46.5 Å². The maximum Gasteiger partial charge on any atom is 0.305 e. The van der Waals surface area contributed by atoms with Crippen LogP contribution < -0.4 is 0 Å². The molecule has 0 aromatic rings. The molecule has 0 spiro atoms. The first-order valence-corrected chi connectivity index (χ1v) is 4.54. The highest BCUT2D eigenvalue weighted by atomic mass is 16.5. The van der Waals surface area contributed by atoms with Crippen LogP contribution in [0.15, 0.2) is 12.7 Å². The monoisotopic (exact) mass is 186 g/mol. The van der Waals surface area contributed by atoms with E-state index in [0.717, 1.165) is 12.8 Å². The lowest BCUT2D eigenvalue weighted by Gasteiger charge is -2.16. The fourth-order valence-electron chi connectivity index (χ4n) is 1.11. The third-order valence-corrected chi connectivity index (χ3v) is 1.70. The number of allylic oxidation sites excluding steroid dienone is 1. The van der Waals surface area contributed by atoms with Crippen LogP contribution in [0.5, 0.6) is 0 Å². The van der Waals surface area contributed by atoms with Crippen molar-refractivity contribution in [3.8, 4) is 0 Å². The van der Waals surface area contributed by atoms with Crippen molar-refractivity contribution in [3.63, 3.8) is 0 Å². The molecule has 0 aromatic carbocycles. The molecule has 0 unspecified atom stereocenters. The third-order valence-electron chi connectivity index (χ3n) is 1.70. The van der Waals surface area contributed by atoms with E-state index in [4.69, 9.17) is 9.84 Å². The summed E-state index contributed by atoms with van der Waals surface area (Å²) in [6.07, 6.45) is 3.60. The Bertz CT molecular complexity index is 166. The largest absolute Gasteiger partial charge is 0.481 e. The molecule has 0 aliphatic heterocycles. The molecule has 0 aliphatic carbocycles. The van der Waals surface area contributed by atoms with Gasteiger partial charge < -0.3 is 9.84 Å². The van der Waals surface area contributed by atoms with Crippen LogP contribution in [0.25, 0.3) is 0 Å². The fraction of sp³-hybridized carbons (Fsp3) is 0.700. The SMILES string of the molecule is C=CCC[C@@H](C)O[C@@H](C)CC(=O)O. The zero-order valence-electron chi connectivity index (χ0n) is 8.32. The standard InChI is InChI=1S/C10H18O3/c1-4-5-6-8(2)13-9(3)7-10(11)12/h4,8-9H,1,5-7H2,2-3H3,(H,11,12)/t8-,9+/m1/s1. The Kier molecular flexibility index (Phi) is 6.24. The van der Waals surface area contributed by atoms with Crippen LogP contribution in [0, 0.1) is 0 Å². The number of aliphatic carboxylic acids is 1. The van der Waals surface area contributed by atoms with Crippen LogP contribution in [0.4, 0.5) is 0 Å². The van der Waals surface area contributed by atoms with E-state index in [0.29, 0.717) is 0 Å². The van der Waals surface area contributed by atoms with Crippen molar-refractivity contribution in [2.24, 2.45) is 0 Å². The highest BCUT2D eigenvalue weighted by Crippen LogP contribution is 2.07. The maximum absolute atomic E-state index is 10.3. The molecule has 0 aliphatic rings. The molecule has 2 atom stereocenters. The lowest BCUT2D eigenvalue weighted by atomic mass is 10.2. The van der Waals surface area contributed by atoms with Crippen molar-refractivity contribution in [3.05, 3.63) is 12.7 Å². The summed E-state index contributed by atoms with van der Waals surface area (Å²) in [4.78, 5) is 10.3. The number of carboxylic acid groups (broad SMARTS) is 1. The zero-order chi connectivity index (χ0) is 10.3. The Hall–Kier alpha value is -0.830. The normalized spacial score (nSPS) is 14.9. The molecule has 0 rings (SSSR count). The van der Waals surface area contributed by atoms with Crippen molar-refractivity contribution in [2.75, 3.05) is 0 Å². The van der Waals surface area contributed by atoms with E-state index in [2.05, 4.69) is 6.58 Å². The van der Waals surface area contributed by atoms with E-state index in [1.807, 2.05) is 13.0 Å². The van der Waals surface area contributed by atoms with Gasteiger partial charge in [-0.3, -0.25) is 4.79 Å². The van der Waals surface area contributed by atoms with Gasteiger partial charge in [-0.05, 0) is 26.7 Å². The molecular formula is C10H18O3. The third kappa shape index (κ3) is 7.53. The average Bonchev–Trinajstić information content (AvgIpc) is 1.98. The van der Waals surface area contributed by atoms with Gasteiger partial charge in [0.25, 0.3) is 0 Å². The van der Waals surface area contributed by atoms with E-state index in [-0.39, 0.29) is 18.6 Å². The highest BCUT2D eigenvalue weighted by Gasteiger charge is 2.11. The molecule has 0 amide bonds. The van der Waals surface area contributed by atoms with Crippen LogP contribution in [0.1, 0.15) is 33.1 Å². The number of rotatable bonds is 7. The lowest BCUT2D eigenvalue weighted by molar-refractivity contribution is -0.140. The fourth-order valence-corrected chi connectivity index (χ4v) is 1.11. The van der Waals surface area contributed by atoms with Gasteiger partial charge in [0, 0.05) is 0 Å². The van der Waals surface area contributed by atoms with Gasteiger partial charge in [-0.15, -0.1) is 6.58 Å². The first-order chi connectivity index (χ1) is 6.06. The zero-order valence-corrected chi connectivity index (χ0v) is 8.32. The molecule has 0 saturated heterocycles. The Labute approximate surface area is 79.4 Å². The number of carbonyl (C=O) groups is 1. The van der Waals surface area contributed by atoms with Crippen molar-refractivity contribution in [1.82, 2.24) is 0 Å². The van der Waals surface area contributed by atoms with Gasteiger partial charge in [-0.1, -0.05) is 6.08 Å². The number of ether oxygens (including phenoxy) is 1. The molecule has 0 aromatic heterocycles. The second-order valence-electron chi connectivity index (χ2n) is 3.22. The summed E-state index contributed by atoms with van der Waals surface area (Å²) in [6, 6.07) is 0. The summed E-state index contributed by atoms with van der Waals surface area (Å²) in [5.74, 6) is -0.816. The van der Waals surface area contributed by atoms with E-state index in [1.165, 1.54) is 0 Å². The second kappa shape index (κ2) is 6.66. The molecule has 0 saturated carbocycles. The Morgan fingerprint density at radius 3 is 2.62 bits per heavy atom. The number of carboxylic acids is 1. The minimum atomic E-state index is -0.816. The molecule has 1 N–H and O–H groups in total. The van der Waals surface area contributed by atoms with Gasteiger partial charge in [0.1, 0.15) is 0 Å². The summed E-state index contributed by atoms with van der Waals surface area (Å²) >= 11 is 0. The predicted molar refractivity (Wildman–Crippen MR) is 51.7 cm³/mol. The summed E-state index contributed by atoms with van der Waals surface area (Å²) in [5, 5.41) is 8.48. The molecule has 0 fully saturated rings. The van der Waals surface area contributed by atoms with Gasteiger partial charge in [0.15, 0.2) is 0 Å². The molecule has 3 heteroatoms. The Morgan fingerprint density at radius 2 is 2.15 bits per heavy atom. The molecular weight excluding hydrogens is 168 g/mol. The maximum atomic E-state index is 10.3. The molecule has 3 nitrogen and oxygen atoms in total. The van der Waals surface area contributed by atoms with Gasteiger partial charge in [-0.2, -0.15) is 0 Å². The Balaban J connectivity index is 3.57. The van der Waals surface area contributed by atoms with E-state index in [1.54, 1.807) is 6.92 Å². The van der Waals surface area contributed by atoms with Gasteiger partial charge >= 0.3 is 5.97 Å². The van der Waals surface area contributed by atoms with Crippen molar-refractivity contribution < 1.29 is 14.6 Å². The summed E-state index contributed by atoms with van der Waals surface area (Å²) < 4.78 is 5.43. The quantitative estimate of drug-likeness (QED) is 0.620. The second-order valence-corrected chi connectivity index (χ2v) is 3.22. The molecule has 0 bridgehead atoms. The molecule has 13 heavy (non-hydrogen) atoms. The van der Waals surface area contributed by atoms with Crippen LogP contribution in [0.2, 0.25) is 0 Å². The number of hydrogen-bond acceptors (Lipinski definition) is 2. The van der Waals surface area contributed by atoms with E-state index < -0.39 is 5.97 Å². The highest BCUT2D eigenvalue weighted by molar-refractivity contribution is 5.67. The minimum Gasteiger partial charge on any atom is -0.481 e. The molecule has 76 valence electrons. The van der Waals surface area contributed by atoms with Crippen molar-refractivity contribution in [1.29, 1.82) is 0 Å². The summed E-state index contributed by atoms with van der Waals surface area (Å²) in [5.41, 5.74) is 0. The van der Waals surface area contributed by atoms with E-state index in [9.17, 15) is 4.79 Å². The van der Waals surface area contributed by atoms with Crippen molar-refractivity contribution >= 4 is 5.97 Å². The van der Waals surface area contributed by atoms with Gasteiger partial charge in [-0.25, -0.2) is 0 Å². The molecule has 0 radical (unpaired) electrons. The summed E-state index contributed by atoms with van der Waals surface area (Å²) in [7, 11) is 0. The van der Waals surface area contributed by atoms with Crippen molar-refractivity contribution in [2.45, 2.75) is 45.3 Å². The summed E-state index contributed by atoms with van der Waals surface area (Å²) in [6.45, 7) is 7.33. The molecule has 0 heterocycles. The lowest BCUT2D eigenvalue weighted by Crippen LogP contribution is -2.19. The van der Waals surface area contributed by atoms with Crippen LogP contribution >= 0.6 is 0 Å². The Morgan fingerprint density at radius 1 is 1.54 bits per heavy atom. The predicted octanol–water partition coefficient (Wildman–Crippen LogP) is 2.22. The smallest absolute Gasteiger partial charge is 0.305 e. The van der Waals surface area contributed by atoms with Gasteiger partial charge in [0.05, 0.1) is 18.6 Å².